The average molecular weight is 258 g/mol. The Morgan fingerprint density at radius 3 is 2.68 bits per heavy atom. The van der Waals surface area contributed by atoms with E-state index in [1.54, 1.807) is 0 Å². The van der Waals surface area contributed by atoms with Crippen molar-refractivity contribution in [2.45, 2.75) is 45.1 Å². The van der Waals surface area contributed by atoms with Crippen LogP contribution in [-0.2, 0) is 5.54 Å². The van der Waals surface area contributed by atoms with Gasteiger partial charge in [0.25, 0.3) is 0 Å². The first-order valence-electron chi connectivity index (χ1n) is 7.11. The van der Waals surface area contributed by atoms with Gasteiger partial charge in [0.05, 0.1) is 11.7 Å². The molecule has 0 saturated carbocycles. The van der Waals surface area contributed by atoms with E-state index >= 15 is 0 Å². The second kappa shape index (κ2) is 4.60. The summed E-state index contributed by atoms with van der Waals surface area (Å²) in [5.41, 5.74) is 2.28. The third-order valence-corrected chi connectivity index (χ3v) is 3.86. The van der Waals surface area contributed by atoms with E-state index in [1.165, 1.54) is 24.2 Å². The summed E-state index contributed by atoms with van der Waals surface area (Å²) < 4.78 is 2.40. The van der Waals surface area contributed by atoms with Gasteiger partial charge in [-0.05, 0) is 52.8 Å². The van der Waals surface area contributed by atoms with Gasteiger partial charge in [0, 0.05) is 17.7 Å². The normalized spacial score (nSPS) is 18.1. The van der Waals surface area contributed by atoms with Crippen LogP contribution in [-0.4, -0.2) is 27.6 Å². The van der Waals surface area contributed by atoms with Crippen molar-refractivity contribution in [1.82, 2.24) is 19.9 Å². The zero-order chi connectivity index (χ0) is 13.5. The first kappa shape index (κ1) is 12.6. The lowest BCUT2D eigenvalue weighted by molar-refractivity contribution is 0.359. The summed E-state index contributed by atoms with van der Waals surface area (Å²) in [5, 5.41) is 3.43. The van der Waals surface area contributed by atoms with Gasteiger partial charge in [-0.25, -0.2) is 4.98 Å². The van der Waals surface area contributed by atoms with Crippen LogP contribution in [0, 0.1) is 0 Å². The highest BCUT2D eigenvalue weighted by atomic mass is 15.1. The Labute approximate surface area is 114 Å². The summed E-state index contributed by atoms with van der Waals surface area (Å²) in [5.74, 6) is 1.80. The Hall–Kier alpha value is -1.42. The van der Waals surface area contributed by atoms with Crippen LogP contribution in [0.2, 0.25) is 0 Å². The van der Waals surface area contributed by atoms with Crippen molar-refractivity contribution in [3.05, 3.63) is 24.3 Å². The third kappa shape index (κ3) is 2.25. The van der Waals surface area contributed by atoms with E-state index in [2.05, 4.69) is 41.7 Å². The molecule has 0 amide bonds. The second-order valence-electron chi connectivity index (χ2n) is 6.36. The van der Waals surface area contributed by atoms with E-state index in [1.807, 2.05) is 12.4 Å². The minimum atomic E-state index is 0.0519. The van der Waals surface area contributed by atoms with Gasteiger partial charge in [-0.3, -0.25) is 4.98 Å². The number of nitrogens with zero attached hydrogens (tertiary/aromatic N) is 3. The largest absolute Gasteiger partial charge is 0.322 e. The molecular formula is C15H22N4. The molecule has 4 nitrogen and oxygen atoms in total. The van der Waals surface area contributed by atoms with Gasteiger partial charge in [0.1, 0.15) is 11.3 Å². The number of piperidine rings is 1. The Kier molecular flexibility index (Phi) is 3.05. The lowest BCUT2D eigenvalue weighted by Crippen LogP contribution is -2.31. The molecule has 1 aliphatic rings. The van der Waals surface area contributed by atoms with Crippen LogP contribution < -0.4 is 5.32 Å². The predicted octanol–water partition coefficient (Wildman–Crippen LogP) is 2.65. The molecule has 19 heavy (non-hydrogen) atoms. The minimum Gasteiger partial charge on any atom is -0.322 e. The van der Waals surface area contributed by atoms with Crippen LogP contribution in [0.5, 0.6) is 0 Å². The SMILES string of the molecule is CC(C)(C)n1c(C2CCNCC2)nc2cnccc21. The Morgan fingerprint density at radius 1 is 1.26 bits per heavy atom. The van der Waals surface area contributed by atoms with Gasteiger partial charge in [-0.1, -0.05) is 0 Å². The third-order valence-electron chi connectivity index (χ3n) is 3.86. The second-order valence-corrected chi connectivity index (χ2v) is 6.36. The molecule has 1 fully saturated rings. The van der Waals surface area contributed by atoms with Crippen LogP contribution in [0.4, 0.5) is 0 Å². The number of aromatic nitrogens is 3. The van der Waals surface area contributed by atoms with E-state index in [0.717, 1.165) is 18.6 Å². The summed E-state index contributed by atoms with van der Waals surface area (Å²) >= 11 is 0. The fraction of sp³-hybridized carbons (Fsp3) is 0.600. The van der Waals surface area contributed by atoms with Crippen LogP contribution in [0.1, 0.15) is 45.4 Å². The smallest absolute Gasteiger partial charge is 0.113 e. The number of nitrogens with one attached hydrogen (secondary N) is 1. The standard InChI is InChI=1S/C15H22N4/c1-15(2,3)19-13-6-9-17-10-12(13)18-14(19)11-4-7-16-8-5-11/h6,9-11,16H,4-5,7-8H2,1-3H3. The van der Waals surface area contributed by atoms with Gasteiger partial charge in [-0.2, -0.15) is 0 Å². The summed E-state index contributed by atoms with van der Waals surface area (Å²) in [6, 6.07) is 2.08. The highest BCUT2D eigenvalue weighted by Crippen LogP contribution is 2.32. The van der Waals surface area contributed by atoms with Gasteiger partial charge in [-0.15, -0.1) is 0 Å². The molecule has 0 aliphatic carbocycles. The van der Waals surface area contributed by atoms with Crippen molar-refractivity contribution in [3.8, 4) is 0 Å². The minimum absolute atomic E-state index is 0.0519. The summed E-state index contributed by atoms with van der Waals surface area (Å²) in [6.45, 7) is 8.93. The van der Waals surface area contributed by atoms with E-state index in [4.69, 9.17) is 4.98 Å². The number of rotatable bonds is 1. The Morgan fingerprint density at radius 2 is 2.00 bits per heavy atom. The number of hydrogen-bond donors (Lipinski definition) is 1. The topological polar surface area (TPSA) is 42.7 Å². The number of fused-ring (bicyclic) bond motifs is 1. The molecule has 0 bridgehead atoms. The zero-order valence-corrected chi connectivity index (χ0v) is 12.0. The fourth-order valence-electron chi connectivity index (χ4n) is 3.01. The predicted molar refractivity (Wildman–Crippen MR) is 77.4 cm³/mol. The highest BCUT2D eigenvalue weighted by molar-refractivity contribution is 5.75. The van der Waals surface area contributed by atoms with Gasteiger partial charge >= 0.3 is 0 Å². The molecule has 1 saturated heterocycles. The Balaban J connectivity index is 2.17. The monoisotopic (exact) mass is 258 g/mol. The number of pyridine rings is 1. The van der Waals surface area contributed by atoms with E-state index in [-0.39, 0.29) is 5.54 Å². The Bertz CT molecular complexity index is 573. The molecule has 102 valence electrons. The molecule has 0 aromatic carbocycles. The average Bonchev–Trinajstić information content (AvgIpc) is 2.79. The van der Waals surface area contributed by atoms with Crippen molar-refractivity contribution in [2.75, 3.05) is 13.1 Å². The first-order valence-corrected chi connectivity index (χ1v) is 7.11. The molecule has 0 spiro atoms. The van der Waals surface area contributed by atoms with Gasteiger partial charge < -0.3 is 9.88 Å². The van der Waals surface area contributed by atoms with Crippen LogP contribution >= 0.6 is 0 Å². The van der Waals surface area contributed by atoms with Crippen molar-refractivity contribution < 1.29 is 0 Å². The highest BCUT2D eigenvalue weighted by Gasteiger charge is 2.27. The quantitative estimate of drug-likeness (QED) is 0.855. The van der Waals surface area contributed by atoms with Crippen molar-refractivity contribution in [1.29, 1.82) is 0 Å². The summed E-state index contributed by atoms with van der Waals surface area (Å²) in [4.78, 5) is 9.08. The number of imidazole rings is 1. The molecule has 1 aliphatic heterocycles. The van der Waals surface area contributed by atoms with Crippen LogP contribution in [0.25, 0.3) is 11.0 Å². The fourth-order valence-corrected chi connectivity index (χ4v) is 3.01. The van der Waals surface area contributed by atoms with E-state index in [9.17, 15) is 0 Å². The molecule has 3 heterocycles. The summed E-state index contributed by atoms with van der Waals surface area (Å²) in [7, 11) is 0. The molecule has 0 radical (unpaired) electrons. The molecule has 1 N–H and O–H groups in total. The molecular weight excluding hydrogens is 236 g/mol. The van der Waals surface area contributed by atoms with Crippen LogP contribution in [0.3, 0.4) is 0 Å². The maximum atomic E-state index is 4.88. The molecule has 0 unspecified atom stereocenters. The maximum Gasteiger partial charge on any atom is 0.113 e. The van der Waals surface area contributed by atoms with E-state index < -0.39 is 0 Å². The van der Waals surface area contributed by atoms with Crippen LogP contribution in [0.15, 0.2) is 18.5 Å². The lowest BCUT2D eigenvalue weighted by Gasteiger charge is -2.29. The maximum absolute atomic E-state index is 4.88. The molecule has 4 heteroatoms. The summed E-state index contributed by atoms with van der Waals surface area (Å²) in [6.07, 6.45) is 6.08. The van der Waals surface area contributed by atoms with Gasteiger partial charge in [0.2, 0.25) is 0 Å². The van der Waals surface area contributed by atoms with Crippen molar-refractivity contribution in [2.24, 2.45) is 0 Å². The lowest BCUT2D eigenvalue weighted by atomic mass is 9.96. The molecule has 0 atom stereocenters. The van der Waals surface area contributed by atoms with Gasteiger partial charge in [0.15, 0.2) is 0 Å². The first-order chi connectivity index (χ1) is 9.07. The molecule has 2 aromatic heterocycles. The van der Waals surface area contributed by atoms with Crippen molar-refractivity contribution in [3.63, 3.8) is 0 Å². The number of hydrogen-bond acceptors (Lipinski definition) is 3. The molecule has 3 rings (SSSR count). The van der Waals surface area contributed by atoms with E-state index in [0.29, 0.717) is 5.92 Å². The zero-order valence-electron chi connectivity index (χ0n) is 12.0. The van der Waals surface area contributed by atoms with Crippen molar-refractivity contribution >= 4 is 11.0 Å². The molecule has 2 aromatic rings.